The van der Waals surface area contributed by atoms with Crippen LogP contribution in [0.2, 0.25) is 0 Å². The summed E-state index contributed by atoms with van der Waals surface area (Å²) in [6.45, 7) is 0.987. The molecule has 0 amide bonds. The maximum Gasteiger partial charge on any atom is 0.125 e. The van der Waals surface area contributed by atoms with Crippen molar-refractivity contribution in [3.63, 3.8) is 0 Å². The highest BCUT2D eigenvalue weighted by Gasteiger charge is 2.07. The van der Waals surface area contributed by atoms with E-state index in [0.29, 0.717) is 5.75 Å². The van der Waals surface area contributed by atoms with E-state index in [-0.39, 0.29) is 17.0 Å². The molecule has 16 heavy (non-hydrogen) atoms. The molecule has 2 rings (SSSR count). The van der Waals surface area contributed by atoms with Crippen molar-refractivity contribution in [2.45, 2.75) is 6.42 Å². The van der Waals surface area contributed by atoms with Crippen LogP contribution in [0.5, 0.6) is 5.75 Å². The fourth-order valence-electron chi connectivity index (χ4n) is 1.78. The Labute approximate surface area is 106 Å². The molecule has 0 fully saturated rings. The third-order valence-corrected chi connectivity index (χ3v) is 2.59. The number of nitrogens with zero attached hydrogens (tertiary/aromatic N) is 1. The van der Waals surface area contributed by atoms with Gasteiger partial charge < -0.3 is 15.0 Å². The van der Waals surface area contributed by atoms with Crippen LogP contribution in [-0.4, -0.2) is 35.6 Å². The monoisotopic (exact) mass is 284 g/mol. The van der Waals surface area contributed by atoms with Gasteiger partial charge >= 0.3 is 0 Å². The molecule has 88 valence electrons. The van der Waals surface area contributed by atoms with Crippen LogP contribution in [0, 0.1) is 0 Å². The van der Waals surface area contributed by atoms with E-state index in [4.69, 9.17) is 0 Å². The Balaban J connectivity index is 0.00000128. The second-order valence-electron chi connectivity index (χ2n) is 4.07. The van der Waals surface area contributed by atoms with Crippen LogP contribution in [0.3, 0.4) is 0 Å². The first-order chi connectivity index (χ1) is 7.18. The highest BCUT2D eigenvalue weighted by molar-refractivity contribution is 8.93. The van der Waals surface area contributed by atoms with Crippen LogP contribution in [0.25, 0.3) is 10.9 Å². The molecular formula is C12H17BrN2O. The molecule has 0 aliphatic rings. The SMILES string of the molecule is Br.CN(C)CCc1c[nH]c2cccc(O)c12. The minimum Gasteiger partial charge on any atom is -0.507 e. The average Bonchev–Trinajstić information content (AvgIpc) is 2.59. The number of hydrogen-bond acceptors (Lipinski definition) is 2. The van der Waals surface area contributed by atoms with Gasteiger partial charge in [0, 0.05) is 23.6 Å². The standard InChI is InChI=1S/C12H16N2O.BrH/c1-14(2)7-6-9-8-13-10-4-3-5-11(15)12(9)10;/h3-5,8,13,15H,6-7H2,1-2H3;1H. The first-order valence-corrected chi connectivity index (χ1v) is 5.11. The summed E-state index contributed by atoms with van der Waals surface area (Å²) in [7, 11) is 4.10. The molecule has 0 saturated carbocycles. The fraction of sp³-hybridized carbons (Fsp3) is 0.333. The van der Waals surface area contributed by atoms with Crippen molar-refractivity contribution in [2.75, 3.05) is 20.6 Å². The topological polar surface area (TPSA) is 39.3 Å². The number of aromatic amines is 1. The molecule has 0 spiro atoms. The van der Waals surface area contributed by atoms with Crippen LogP contribution in [0.4, 0.5) is 0 Å². The lowest BCUT2D eigenvalue weighted by Gasteiger charge is -2.08. The average molecular weight is 285 g/mol. The summed E-state index contributed by atoms with van der Waals surface area (Å²) >= 11 is 0. The maximum absolute atomic E-state index is 9.77. The lowest BCUT2D eigenvalue weighted by atomic mass is 10.1. The van der Waals surface area contributed by atoms with Gasteiger partial charge in [0.15, 0.2) is 0 Å². The van der Waals surface area contributed by atoms with Crippen molar-refractivity contribution in [2.24, 2.45) is 0 Å². The Morgan fingerprint density at radius 2 is 2.06 bits per heavy atom. The first-order valence-electron chi connectivity index (χ1n) is 5.11. The Morgan fingerprint density at radius 1 is 1.31 bits per heavy atom. The second-order valence-corrected chi connectivity index (χ2v) is 4.07. The summed E-state index contributed by atoms with van der Waals surface area (Å²) in [4.78, 5) is 5.31. The van der Waals surface area contributed by atoms with Gasteiger partial charge in [0.25, 0.3) is 0 Å². The van der Waals surface area contributed by atoms with Crippen molar-refractivity contribution in [1.82, 2.24) is 9.88 Å². The highest BCUT2D eigenvalue weighted by Crippen LogP contribution is 2.27. The molecular weight excluding hydrogens is 268 g/mol. The molecule has 1 aromatic heterocycles. The third kappa shape index (κ3) is 2.57. The molecule has 2 aromatic rings. The zero-order valence-corrected chi connectivity index (χ0v) is 11.2. The number of rotatable bonds is 3. The molecule has 4 heteroatoms. The van der Waals surface area contributed by atoms with E-state index in [1.54, 1.807) is 6.07 Å². The van der Waals surface area contributed by atoms with Crippen molar-refractivity contribution >= 4 is 27.9 Å². The number of likely N-dealkylation sites (N-methyl/N-ethyl adjacent to an activating group) is 1. The van der Waals surface area contributed by atoms with Crippen molar-refractivity contribution in [3.05, 3.63) is 30.0 Å². The number of H-pyrrole nitrogens is 1. The van der Waals surface area contributed by atoms with Gasteiger partial charge in [-0.1, -0.05) is 6.07 Å². The smallest absolute Gasteiger partial charge is 0.125 e. The molecule has 3 nitrogen and oxygen atoms in total. The molecule has 0 aliphatic heterocycles. The summed E-state index contributed by atoms with van der Waals surface area (Å²) in [5, 5.41) is 10.7. The number of fused-ring (bicyclic) bond motifs is 1. The zero-order chi connectivity index (χ0) is 10.8. The summed E-state index contributed by atoms with van der Waals surface area (Å²) in [6, 6.07) is 5.56. The minimum absolute atomic E-state index is 0. The van der Waals surface area contributed by atoms with E-state index in [2.05, 4.69) is 24.0 Å². The Morgan fingerprint density at radius 3 is 2.75 bits per heavy atom. The largest absolute Gasteiger partial charge is 0.507 e. The molecule has 0 unspecified atom stereocenters. The number of nitrogens with one attached hydrogen (secondary N) is 1. The molecule has 0 saturated heterocycles. The summed E-state index contributed by atoms with van der Waals surface area (Å²) in [5.41, 5.74) is 2.18. The van der Waals surface area contributed by atoms with Crippen LogP contribution in [0.15, 0.2) is 24.4 Å². The molecule has 0 bridgehead atoms. The first kappa shape index (κ1) is 13.1. The predicted molar refractivity (Wildman–Crippen MR) is 72.5 cm³/mol. The van der Waals surface area contributed by atoms with Gasteiger partial charge in [-0.05, 0) is 38.2 Å². The van der Waals surface area contributed by atoms with E-state index in [1.165, 1.54) is 5.56 Å². The van der Waals surface area contributed by atoms with E-state index in [0.717, 1.165) is 23.9 Å². The number of phenols is 1. The zero-order valence-electron chi connectivity index (χ0n) is 9.53. The lowest BCUT2D eigenvalue weighted by molar-refractivity contribution is 0.414. The molecule has 2 N–H and O–H groups in total. The molecule has 0 atom stereocenters. The normalized spacial score (nSPS) is 10.7. The molecule has 0 radical (unpaired) electrons. The Hall–Kier alpha value is -1.00. The van der Waals surface area contributed by atoms with Gasteiger partial charge in [0.05, 0.1) is 0 Å². The van der Waals surface area contributed by atoms with Gasteiger partial charge in [-0.25, -0.2) is 0 Å². The third-order valence-electron chi connectivity index (χ3n) is 2.59. The van der Waals surface area contributed by atoms with E-state index in [1.807, 2.05) is 18.3 Å². The van der Waals surface area contributed by atoms with E-state index < -0.39 is 0 Å². The number of aromatic nitrogens is 1. The van der Waals surface area contributed by atoms with Gasteiger partial charge in [0.1, 0.15) is 5.75 Å². The van der Waals surface area contributed by atoms with Crippen LogP contribution in [0.1, 0.15) is 5.56 Å². The Kier molecular flexibility index (Phi) is 4.38. The second kappa shape index (κ2) is 5.37. The van der Waals surface area contributed by atoms with Crippen molar-refractivity contribution in [3.8, 4) is 5.75 Å². The van der Waals surface area contributed by atoms with E-state index >= 15 is 0 Å². The summed E-state index contributed by atoms with van der Waals surface area (Å²) in [5.74, 6) is 0.363. The fourth-order valence-corrected chi connectivity index (χ4v) is 1.78. The predicted octanol–water partition coefficient (Wildman–Crippen LogP) is 2.56. The number of hydrogen-bond donors (Lipinski definition) is 2. The van der Waals surface area contributed by atoms with E-state index in [9.17, 15) is 5.11 Å². The minimum atomic E-state index is 0. The molecule has 0 aliphatic carbocycles. The van der Waals surface area contributed by atoms with Crippen molar-refractivity contribution in [1.29, 1.82) is 0 Å². The number of phenolic OH excluding ortho intramolecular Hbond substituents is 1. The summed E-state index contributed by atoms with van der Waals surface area (Å²) < 4.78 is 0. The number of benzene rings is 1. The number of halogens is 1. The number of aromatic hydroxyl groups is 1. The van der Waals surface area contributed by atoms with Gasteiger partial charge in [-0.2, -0.15) is 0 Å². The van der Waals surface area contributed by atoms with Gasteiger partial charge in [0.2, 0.25) is 0 Å². The van der Waals surface area contributed by atoms with Crippen molar-refractivity contribution < 1.29 is 5.11 Å². The van der Waals surface area contributed by atoms with Gasteiger partial charge in [-0.3, -0.25) is 0 Å². The maximum atomic E-state index is 9.77. The van der Waals surface area contributed by atoms with Crippen LogP contribution >= 0.6 is 17.0 Å². The highest BCUT2D eigenvalue weighted by atomic mass is 79.9. The van der Waals surface area contributed by atoms with Gasteiger partial charge in [-0.15, -0.1) is 17.0 Å². The van der Waals surface area contributed by atoms with Crippen LogP contribution in [-0.2, 0) is 6.42 Å². The summed E-state index contributed by atoms with van der Waals surface area (Å²) in [6.07, 6.45) is 2.93. The quantitative estimate of drug-likeness (QED) is 0.909. The lowest BCUT2D eigenvalue weighted by Crippen LogP contribution is -2.14. The molecule has 1 aromatic carbocycles. The van der Waals surface area contributed by atoms with Crippen LogP contribution < -0.4 is 0 Å². The Bertz CT molecular complexity index is 465. The molecule has 1 heterocycles.